The maximum absolute atomic E-state index is 12.3. The van der Waals surface area contributed by atoms with E-state index in [1.165, 1.54) is 0 Å². The zero-order valence-corrected chi connectivity index (χ0v) is 13.4. The van der Waals surface area contributed by atoms with Gasteiger partial charge in [0.05, 0.1) is 11.7 Å². The Balaban J connectivity index is 1.61. The molecule has 4 heteroatoms. The summed E-state index contributed by atoms with van der Waals surface area (Å²) in [5.74, 6) is 0.415. The average Bonchev–Trinajstić information content (AvgIpc) is 2.54. The van der Waals surface area contributed by atoms with Gasteiger partial charge in [0.2, 0.25) is 0 Å². The second kappa shape index (κ2) is 7.01. The molecule has 1 aliphatic heterocycles. The minimum absolute atomic E-state index is 0.0286. The van der Waals surface area contributed by atoms with Crippen molar-refractivity contribution in [3.8, 4) is 5.75 Å². The molecule has 0 spiro atoms. The molecule has 0 radical (unpaired) electrons. The van der Waals surface area contributed by atoms with Crippen molar-refractivity contribution >= 4 is 16.7 Å². The molecule has 23 heavy (non-hydrogen) atoms. The molecular formula is C19H23NO3. The molecule has 2 aromatic rings. The van der Waals surface area contributed by atoms with Gasteiger partial charge in [-0.2, -0.15) is 0 Å². The van der Waals surface area contributed by atoms with Crippen LogP contribution >= 0.6 is 0 Å². The van der Waals surface area contributed by atoms with Gasteiger partial charge in [0.15, 0.2) is 0 Å². The lowest BCUT2D eigenvalue weighted by molar-refractivity contribution is 0.00109. The molecule has 1 aliphatic rings. The molecule has 2 unspecified atom stereocenters. The van der Waals surface area contributed by atoms with E-state index in [-0.39, 0.29) is 11.7 Å². The number of carbonyl (C=O) groups is 1. The Hall–Kier alpha value is -2.07. The average molecular weight is 313 g/mol. The zero-order valence-electron chi connectivity index (χ0n) is 13.4. The second-order valence-corrected chi connectivity index (χ2v) is 6.33. The van der Waals surface area contributed by atoms with Gasteiger partial charge in [0, 0.05) is 13.2 Å². The molecule has 3 rings (SSSR count). The maximum atomic E-state index is 12.3. The van der Waals surface area contributed by atoms with Gasteiger partial charge in [-0.3, -0.25) is 4.79 Å². The van der Waals surface area contributed by atoms with Crippen LogP contribution in [0, 0.1) is 5.92 Å². The summed E-state index contributed by atoms with van der Waals surface area (Å²) in [7, 11) is 0. The number of benzene rings is 2. The molecule has 0 aliphatic carbocycles. The lowest BCUT2D eigenvalue weighted by atomic mass is 9.93. The number of carbonyl (C=O) groups excluding carboxylic acids is 1. The van der Waals surface area contributed by atoms with Crippen LogP contribution in [0.25, 0.3) is 10.8 Å². The van der Waals surface area contributed by atoms with E-state index >= 15 is 0 Å². The normalized spacial score (nSPS) is 21.3. The smallest absolute Gasteiger partial charge is 0.255 e. The van der Waals surface area contributed by atoms with E-state index < -0.39 is 0 Å². The zero-order chi connectivity index (χ0) is 16.2. The molecule has 1 fully saturated rings. The third-order valence-electron chi connectivity index (χ3n) is 4.54. The lowest BCUT2D eigenvalue weighted by Gasteiger charge is -2.27. The summed E-state index contributed by atoms with van der Waals surface area (Å²) in [6.07, 6.45) is 3.38. The van der Waals surface area contributed by atoms with Gasteiger partial charge >= 0.3 is 0 Å². The Morgan fingerprint density at radius 1 is 1.30 bits per heavy atom. The molecule has 2 aromatic carbocycles. The van der Waals surface area contributed by atoms with Crippen molar-refractivity contribution in [2.24, 2.45) is 5.92 Å². The van der Waals surface area contributed by atoms with Crippen LogP contribution in [0.2, 0.25) is 0 Å². The topological polar surface area (TPSA) is 58.6 Å². The summed E-state index contributed by atoms with van der Waals surface area (Å²) in [4.78, 5) is 12.3. The first kappa shape index (κ1) is 15.8. The number of phenolic OH excluding ortho intramolecular Hbond substituents is 1. The molecule has 1 amide bonds. The highest BCUT2D eigenvalue weighted by atomic mass is 16.5. The highest BCUT2D eigenvalue weighted by Crippen LogP contribution is 2.25. The Bertz CT molecular complexity index is 698. The lowest BCUT2D eigenvalue weighted by Crippen LogP contribution is -2.29. The van der Waals surface area contributed by atoms with Gasteiger partial charge < -0.3 is 15.2 Å². The summed E-state index contributed by atoms with van der Waals surface area (Å²) < 4.78 is 5.54. The largest absolute Gasteiger partial charge is 0.507 e. The molecule has 2 N–H and O–H groups in total. The number of fused-ring (bicyclic) bond motifs is 1. The number of nitrogens with one attached hydrogen (secondary N) is 1. The Labute approximate surface area is 136 Å². The molecule has 4 nitrogen and oxygen atoms in total. The van der Waals surface area contributed by atoms with Crippen LogP contribution in [0.15, 0.2) is 36.4 Å². The van der Waals surface area contributed by atoms with Crippen molar-refractivity contribution in [2.75, 3.05) is 13.2 Å². The fourth-order valence-electron chi connectivity index (χ4n) is 3.25. The fraction of sp³-hybridized carbons (Fsp3) is 0.421. The van der Waals surface area contributed by atoms with E-state index in [1.807, 2.05) is 24.3 Å². The molecule has 1 saturated heterocycles. The van der Waals surface area contributed by atoms with Crippen molar-refractivity contribution in [1.29, 1.82) is 0 Å². The number of ether oxygens (including phenoxy) is 1. The molecule has 2 atom stereocenters. The molecule has 122 valence electrons. The number of hydrogen-bond donors (Lipinski definition) is 2. The molecule has 1 heterocycles. The van der Waals surface area contributed by atoms with Gasteiger partial charge in [-0.05, 0) is 55.0 Å². The predicted molar refractivity (Wildman–Crippen MR) is 90.7 cm³/mol. The van der Waals surface area contributed by atoms with Gasteiger partial charge in [-0.15, -0.1) is 0 Å². The van der Waals surface area contributed by atoms with Crippen molar-refractivity contribution in [3.63, 3.8) is 0 Å². The predicted octanol–water partition coefficient (Wildman–Crippen LogP) is 3.48. The van der Waals surface area contributed by atoms with Crippen LogP contribution in [-0.2, 0) is 4.74 Å². The number of aromatic hydroxyl groups is 1. The van der Waals surface area contributed by atoms with Gasteiger partial charge in [-0.1, -0.05) is 24.3 Å². The van der Waals surface area contributed by atoms with Gasteiger partial charge in [0.1, 0.15) is 5.75 Å². The Kier molecular flexibility index (Phi) is 4.82. The van der Waals surface area contributed by atoms with Crippen molar-refractivity contribution in [3.05, 3.63) is 42.0 Å². The Morgan fingerprint density at radius 2 is 2.04 bits per heavy atom. The van der Waals surface area contributed by atoms with Crippen LogP contribution in [0.5, 0.6) is 5.75 Å². The summed E-state index contributed by atoms with van der Waals surface area (Å²) in [6, 6.07) is 11.1. The monoisotopic (exact) mass is 313 g/mol. The summed E-state index contributed by atoms with van der Waals surface area (Å²) in [5, 5.41) is 14.9. The van der Waals surface area contributed by atoms with Crippen LogP contribution in [-0.4, -0.2) is 30.3 Å². The standard InChI is InChI=1S/C19H23NO3/c1-13-10-14(7-9-23-13)6-8-20-19(22)17-11-15-4-2-3-5-16(15)12-18(17)21/h2-5,11-14,21H,6-10H2,1H3,(H,20,22). The van der Waals surface area contributed by atoms with Crippen LogP contribution in [0.4, 0.5) is 0 Å². The van der Waals surface area contributed by atoms with E-state index in [1.54, 1.807) is 12.1 Å². The highest BCUT2D eigenvalue weighted by molar-refractivity contribution is 6.01. The minimum Gasteiger partial charge on any atom is -0.507 e. The number of phenols is 1. The molecular weight excluding hydrogens is 290 g/mol. The minimum atomic E-state index is -0.214. The molecule has 0 bridgehead atoms. The van der Waals surface area contributed by atoms with E-state index in [9.17, 15) is 9.90 Å². The second-order valence-electron chi connectivity index (χ2n) is 6.33. The summed E-state index contributed by atoms with van der Waals surface area (Å²) in [5.41, 5.74) is 0.337. The van der Waals surface area contributed by atoms with E-state index in [4.69, 9.17) is 4.74 Å². The number of amides is 1. The molecule has 0 aromatic heterocycles. The van der Waals surface area contributed by atoms with Gasteiger partial charge in [-0.25, -0.2) is 0 Å². The third-order valence-corrected chi connectivity index (χ3v) is 4.54. The Morgan fingerprint density at radius 3 is 2.78 bits per heavy atom. The van der Waals surface area contributed by atoms with E-state index in [2.05, 4.69) is 12.2 Å². The van der Waals surface area contributed by atoms with Crippen molar-refractivity contribution in [2.45, 2.75) is 32.3 Å². The first-order valence-electron chi connectivity index (χ1n) is 8.25. The van der Waals surface area contributed by atoms with Crippen LogP contribution < -0.4 is 5.32 Å². The van der Waals surface area contributed by atoms with Crippen molar-refractivity contribution < 1.29 is 14.6 Å². The highest BCUT2D eigenvalue weighted by Gasteiger charge is 2.19. The first-order chi connectivity index (χ1) is 11.1. The van der Waals surface area contributed by atoms with Crippen LogP contribution in [0.3, 0.4) is 0 Å². The fourth-order valence-corrected chi connectivity index (χ4v) is 3.25. The first-order valence-corrected chi connectivity index (χ1v) is 8.25. The SMILES string of the molecule is CC1CC(CCNC(=O)c2cc3ccccc3cc2O)CCO1. The maximum Gasteiger partial charge on any atom is 0.255 e. The number of rotatable bonds is 4. The number of hydrogen-bond acceptors (Lipinski definition) is 3. The van der Waals surface area contributed by atoms with Crippen molar-refractivity contribution in [1.82, 2.24) is 5.32 Å². The quantitative estimate of drug-likeness (QED) is 0.908. The van der Waals surface area contributed by atoms with E-state index in [0.29, 0.717) is 24.1 Å². The molecule has 0 saturated carbocycles. The summed E-state index contributed by atoms with van der Waals surface area (Å²) in [6.45, 7) is 3.53. The van der Waals surface area contributed by atoms with E-state index in [0.717, 1.165) is 36.6 Å². The summed E-state index contributed by atoms with van der Waals surface area (Å²) >= 11 is 0. The third kappa shape index (κ3) is 3.82. The van der Waals surface area contributed by atoms with Gasteiger partial charge in [0.25, 0.3) is 5.91 Å². The van der Waals surface area contributed by atoms with Crippen LogP contribution in [0.1, 0.15) is 36.5 Å².